The number of fused-ring (bicyclic) bond motifs is 2. The number of likely N-dealkylation sites (tertiary alicyclic amines) is 1. The van der Waals surface area contributed by atoms with Crippen molar-refractivity contribution in [1.82, 2.24) is 29.6 Å². The number of benzene rings is 1. The normalized spacial score (nSPS) is 16.9. The molecule has 0 bridgehead atoms. The topological polar surface area (TPSA) is 95.0 Å². The maximum absolute atomic E-state index is 13.2. The molecule has 0 aliphatic carbocycles. The van der Waals surface area contributed by atoms with E-state index in [9.17, 15) is 13.6 Å². The van der Waals surface area contributed by atoms with E-state index >= 15 is 0 Å². The summed E-state index contributed by atoms with van der Waals surface area (Å²) in [6.07, 6.45) is 4.19. The van der Waals surface area contributed by atoms with E-state index < -0.39 is 19.0 Å². The second kappa shape index (κ2) is 7.51. The van der Waals surface area contributed by atoms with E-state index in [4.69, 9.17) is 0 Å². The third-order valence-corrected chi connectivity index (χ3v) is 6.43. The summed E-state index contributed by atoms with van der Waals surface area (Å²) in [7, 11) is 1.80. The summed E-state index contributed by atoms with van der Waals surface area (Å²) in [5.41, 5.74) is 4.31. The largest absolute Gasteiger partial charge is 0.342 e. The summed E-state index contributed by atoms with van der Waals surface area (Å²) in [6, 6.07) is 9.53. The Labute approximate surface area is 193 Å². The first-order valence-corrected chi connectivity index (χ1v) is 11.0. The van der Waals surface area contributed by atoms with E-state index in [-0.39, 0.29) is 5.91 Å². The van der Waals surface area contributed by atoms with Crippen LogP contribution in [0.15, 0.2) is 42.7 Å². The van der Waals surface area contributed by atoms with Gasteiger partial charge in [0.2, 0.25) is 5.95 Å². The minimum absolute atomic E-state index is 0.355. The van der Waals surface area contributed by atoms with Gasteiger partial charge in [0.25, 0.3) is 11.8 Å². The number of amides is 1. The van der Waals surface area contributed by atoms with Crippen molar-refractivity contribution in [3.8, 4) is 0 Å². The summed E-state index contributed by atoms with van der Waals surface area (Å²) >= 11 is 0. The minimum atomic E-state index is -2.78. The molecule has 3 aromatic heterocycles. The molecule has 6 rings (SSSR count). The lowest BCUT2D eigenvalue weighted by molar-refractivity contribution is -0.113. The molecule has 4 aromatic rings. The smallest absolute Gasteiger partial charge is 0.282 e. The van der Waals surface area contributed by atoms with Crippen LogP contribution in [-0.4, -0.2) is 61.1 Å². The van der Waals surface area contributed by atoms with Gasteiger partial charge < -0.3 is 19.7 Å². The minimum Gasteiger partial charge on any atom is -0.342 e. The van der Waals surface area contributed by atoms with E-state index in [1.165, 1.54) is 4.90 Å². The molecule has 11 heteroatoms. The van der Waals surface area contributed by atoms with Gasteiger partial charge in [-0.15, -0.1) is 0 Å². The number of carbonyl (C=O) groups excluding carboxylic acids is 1. The van der Waals surface area contributed by atoms with Gasteiger partial charge in [0, 0.05) is 36.6 Å². The molecule has 1 saturated heterocycles. The van der Waals surface area contributed by atoms with E-state index in [0.29, 0.717) is 37.0 Å². The van der Waals surface area contributed by atoms with Crippen LogP contribution in [0.1, 0.15) is 21.7 Å². The van der Waals surface area contributed by atoms with Crippen molar-refractivity contribution in [2.75, 3.05) is 29.9 Å². The lowest BCUT2D eigenvalue weighted by Gasteiger charge is -2.38. The Kier molecular flexibility index (Phi) is 4.54. The summed E-state index contributed by atoms with van der Waals surface area (Å²) in [5.74, 6) is -1.89. The number of H-pyrrole nitrogens is 1. The fraction of sp³-hybridized carbons (Fsp3) is 0.304. The maximum atomic E-state index is 13.2. The van der Waals surface area contributed by atoms with Crippen LogP contribution in [0.2, 0.25) is 0 Å². The second-order valence-electron chi connectivity index (χ2n) is 8.79. The van der Waals surface area contributed by atoms with Crippen molar-refractivity contribution < 1.29 is 13.6 Å². The Morgan fingerprint density at radius 2 is 2.06 bits per heavy atom. The van der Waals surface area contributed by atoms with Gasteiger partial charge in [0.15, 0.2) is 0 Å². The summed E-state index contributed by atoms with van der Waals surface area (Å²) in [4.78, 5) is 25.1. The van der Waals surface area contributed by atoms with E-state index in [1.54, 1.807) is 25.5 Å². The predicted octanol–water partition coefficient (Wildman–Crippen LogP) is 3.09. The Bertz CT molecular complexity index is 1400. The van der Waals surface area contributed by atoms with Gasteiger partial charge in [-0.3, -0.25) is 9.89 Å². The van der Waals surface area contributed by atoms with E-state index in [2.05, 4.69) is 30.4 Å². The average Bonchev–Trinajstić information content (AvgIpc) is 3.41. The number of aromatic amines is 1. The highest BCUT2D eigenvalue weighted by Crippen LogP contribution is 2.31. The molecule has 174 valence electrons. The van der Waals surface area contributed by atoms with Crippen LogP contribution in [0.5, 0.6) is 0 Å². The third kappa shape index (κ3) is 3.53. The first kappa shape index (κ1) is 20.6. The molecule has 2 aliphatic heterocycles. The number of alkyl halides is 2. The summed E-state index contributed by atoms with van der Waals surface area (Å²) in [5, 5.41) is 11.3. The number of halogens is 2. The van der Waals surface area contributed by atoms with Gasteiger partial charge in [0.1, 0.15) is 11.5 Å². The fourth-order valence-corrected chi connectivity index (χ4v) is 4.58. The zero-order valence-corrected chi connectivity index (χ0v) is 18.4. The Balaban J connectivity index is 1.20. The van der Waals surface area contributed by atoms with Crippen LogP contribution >= 0.6 is 0 Å². The molecule has 0 unspecified atom stereocenters. The quantitative estimate of drug-likeness (QED) is 0.482. The molecule has 1 fully saturated rings. The van der Waals surface area contributed by atoms with Gasteiger partial charge in [-0.25, -0.2) is 13.8 Å². The number of hydrogen-bond donors (Lipinski definition) is 2. The van der Waals surface area contributed by atoms with Crippen LogP contribution < -0.4 is 10.2 Å². The van der Waals surface area contributed by atoms with Crippen LogP contribution in [0.3, 0.4) is 0 Å². The maximum Gasteiger partial charge on any atom is 0.282 e. The fourth-order valence-electron chi connectivity index (χ4n) is 4.58. The first-order valence-electron chi connectivity index (χ1n) is 11.0. The first-order chi connectivity index (χ1) is 16.4. The van der Waals surface area contributed by atoms with E-state index in [0.717, 1.165) is 27.8 Å². The van der Waals surface area contributed by atoms with Crippen molar-refractivity contribution in [2.45, 2.75) is 18.9 Å². The Hall–Kier alpha value is -4.02. The summed E-state index contributed by atoms with van der Waals surface area (Å²) in [6.45, 7) is 0.181. The van der Waals surface area contributed by atoms with Crippen molar-refractivity contribution in [1.29, 1.82) is 0 Å². The van der Waals surface area contributed by atoms with Gasteiger partial charge in [0.05, 0.1) is 31.3 Å². The molecule has 9 nitrogen and oxygen atoms in total. The number of carbonyl (C=O) groups is 1. The van der Waals surface area contributed by atoms with Crippen molar-refractivity contribution in [3.05, 3.63) is 59.7 Å². The molecule has 1 amide bonds. The van der Waals surface area contributed by atoms with Crippen molar-refractivity contribution in [2.24, 2.45) is 7.05 Å². The number of aromatic nitrogens is 5. The number of rotatable bonds is 4. The van der Waals surface area contributed by atoms with Crippen molar-refractivity contribution in [3.63, 3.8) is 0 Å². The van der Waals surface area contributed by atoms with Crippen LogP contribution in [-0.2, 0) is 20.0 Å². The van der Waals surface area contributed by atoms with Crippen LogP contribution in [0.25, 0.3) is 10.9 Å². The lowest BCUT2D eigenvalue weighted by atomic mass is 10.1. The molecular weight excluding hydrogens is 442 g/mol. The summed E-state index contributed by atoms with van der Waals surface area (Å²) < 4.78 is 28.3. The number of hydrogen-bond acceptors (Lipinski definition) is 6. The molecule has 5 heterocycles. The molecule has 0 spiro atoms. The number of nitrogens with zero attached hydrogens (tertiary/aromatic N) is 6. The molecule has 2 aliphatic rings. The number of anilines is 3. The zero-order chi connectivity index (χ0) is 23.4. The third-order valence-electron chi connectivity index (χ3n) is 6.43. The van der Waals surface area contributed by atoms with Gasteiger partial charge in [-0.05, 0) is 42.3 Å². The van der Waals surface area contributed by atoms with E-state index in [1.807, 2.05) is 28.8 Å². The molecular formula is C23H22F2N8O. The monoisotopic (exact) mass is 464 g/mol. The molecule has 1 aromatic carbocycles. The van der Waals surface area contributed by atoms with Gasteiger partial charge in [-0.1, -0.05) is 0 Å². The van der Waals surface area contributed by atoms with Gasteiger partial charge >= 0.3 is 0 Å². The molecule has 0 atom stereocenters. The average molecular weight is 464 g/mol. The SMILES string of the molecule is Cn1c(C(=O)N2CC(F)(F)C2)cc2c1CN(c1nccc(Nc3ccc4[nH]ncc4c3)n1)CC2. The highest BCUT2D eigenvalue weighted by Gasteiger charge is 2.47. The standard InChI is InChI=1S/C23H22F2N8O/c1-31-18(21(34)33-12-23(24,25)13-33)9-14-5-7-32(11-19(14)31)22-26-6-4-20(29-22)28-16-2-3-17-15(8-16)10-27-30-17/h2-4,6,8-10H,5,7,11-13H2,1H3,(H,27,30)(H,26,28,29). The second-order valence-corrected chi connectivity index (χ2v) is 8.79. The Morgan fingerprint density at radius 1 is 1.21 bits per heavy atom. The van der Waals surface area contributed by atoms with Crippen molar-refractivity contribution >= 4 is 34.3 Å². The van der Waals surface area contributed by atoms with Crippen LogP contribution in [0.4, 0.5) is 26.2 Å². The van der Waals surface area contributed by atoms with Gasteiger partial charge in [-0.2, -0.15) is 10.1 Å². The Morgan fingerprint density at radius 3 is 2.88 bits per heavy atom. The number of nitrogens with one attached hydrogen (secondary N) is 2. The predicted molar refractivity (Wildman–Crippen MR) is 122 cm³/mol. The lowest BCUT2D eigenvalue weighted by Crippen LogP contribution is -2.58. The molecule has 2 N–H and O–H groups in total. The molecule has 0 saturated carbocycles. The highest BCUT2D eigenvalue weighted by atomic mass is 19.3. The van der Waals surface area contributed by atoms with Crippen LogP contribution in [0, 0.1) is 0 Å². The molecule has 34 heavy (non-hydrogen) atoms. The molecule has 0 radical (unpaired) electrons. The highest BCUT2D eigenvalue weighted by molar-refractivity contribution is 5.94. The zero-order valence-electron chi connectivity index (χ0n) is 18.4.